The molecule has 0 fully saturated rings. The van der Waals surface area contributed by atoms with E-state index in [1.807, 2.05) is 42.5 Å². The number of thioether (sulfide) groups is 1. The van der Waals surface area contributed by atoms with E-state index in [2.05, 4.69) is 6.58 Å². The molecule has 1 aromatic rings. The Kier molecular flexibility index (Phi) is 5.78. The Labute approximate surface area is 113 Å². The van der Waals surface area contributed by atoms with Crippen molar-refractivity contribution in [1.82, 2.24) is 0 Å². The normalized spacial score (nSPS) is 10.1. The predicted molar refractivity (Wildman–Crippen MR) is 77.9 cm³/mol. The summed E-state index contributed by atoms with van der Waals surface area (Å²) in [5, 5.41) is 9.34. The van der Waals surface area contributed by atoms with Crippen molar-refractivity contribution in [3.63, 3.8) is 0 Å². The molecule has 1 rings (SSSR count). The molecule has 18 heavy (non-hydrogen) atoms. The van der Waals surface area contributed by atoms with Gasteiger partial charge in [-0.2, -0.15) is 0 Å². The second-order valence-electron chi connectivity index (χ2n) is 4.01. The highest BCUT2D eigenvalue weighted by molar-refractivity contribution is 7.98. The molecule has 98 valence electrons. The van der Waals surface area contributed by atoms with Crippen molar-refractivity contribution in [3.8, 4) is 0 Å². The Morgan fingerprint density at radius 2 is 2.28 bits per heavy atom. The third-order valence-corrected chi connectivity index (χ3v) is 3.53. The van der Waals surface area contributed by atoms with E-state index in [0.717, 1.165) is 30.0 Å². The molecule has 0 aliphatic heterocycles. The van der Waals surface area contributed by atoms with Crippen LogP contribution in [0.3, 0.4) is 0 Å². The van der Waals surface area contributed by atoms with E-state index in [1.54, 1.807) is 0 Å². The van der Waals surface area contributed by atoms with E-state index >= 15 is 0 Å². The number of anilines is 1. The van der Waals surface area contributed by atoms with Gasteiger partial charge in [0.1, 0.15) is 0 Å². The molecule has 0 atom stereocenters. The Morgan fingerprint density at radius 3 is 2.83 bits per heavy atom. The Bertz CT molecular complexity index is 432. The first-order valence-corrected chi connectivity index (χ1v) is 7.06. The topological polar surface area (TPSA) is 40.5 Å². The molecule has 3 nitrogen and oxygen atoms in total. The number of carbonyl (C=O) groups is 1. The lowest BCUT2D eigenvalue weighted by molar-refractivity contribution is 0.0694. The van der Waals surface area contributed by atoms with Crippen LogP contribution in [0.4, 0.5) is 5.69 Å². The van der Waals surface area contributed by atoms with Crippen molar-refractivity contribution >= 4 is 23.4 Å². The number of benzene rings is 1. The highest BCUT2D eigenvalue weighted by atomic mass is 32.2. The first-order valence-electron chi connectivity index (χ1n) is 5.84. The van der Waals surface area contributed by atoms with Crippen molar-refractivity contribution in [2.75, 3.05) is 24.7 Å². The number of hydrogen-bond donors (Lipinski definition) is 1. The molecule has 0 aromatic heterocycles. The average molecular weight is 265 g/mol. The predicted octanol–water partition coefficient (Wildman–Crippen LogP) is 3.51. The first kappa shape index (κ1) is 14.6. The van der Waals surface area contributed by atoms with Gasteiger partial charge in [-0.1, -0.05) is 12.1 Å². The summed E-state index contributed by atoms with van der Waals surface area (Å²) >= 11 is 1.46. The zero-order valence-corrected chi connectivity index (χ0v) is 11.7. The van der Waals surface area contributed by atoms with Crippen molar-refractivity contribution in [2.45, 2.75) is 17.7 Å². The minimum absolute atomic E-state index is 0.395. The molecule has 0 aliphatic rings. The van der Waals surface area contributed by atoms with E-state index in [1.165, 1.54) is 11.8 Å². The minimum Gasteiger partial charge on any atom is -0.478 e. The van der Waals surface area contributed by atoms with Crippen LogP contribution in [0.15, 0.2) is 35.7 Å². The summed E-state index contributed by atoms with van der Waals surface area (Å²) in [6, 6.07) is 5.60. The fourth-order valence-corrected chi connectivity index (χ4v) is 2.43. The van der Waals surface area contributed by atoms with Crippen molar-refractivity contribution < 1.29 is 9.90 Å². The maximum absolute atomic E-state index is 11.4. The Hall–Kier alpha value is -1.42. The molecule has 0 spiro atoms. The second kappa shape index (κ2) is 7.11. The molecule has 0 bridgehead atoms. The van der Waals surface area contributed by atoms with Crippen LogP contribution in [0.2, 0.25) is 0 Å². The van der Waals surface area contributed by atoms with Gasteiger partial charge in [0.25, 0.3) is 0 Å². The summed E-state index contributed by atoms with van der Waals surface area (Å²) in [6.45, 7) is 4.51. The average Bonchev–Trinajstić information content (AvgIpc) is 2.37. The van der Waals surface area contributed by atoms with Gasteiger partial charge in [-0.05, 0) is 31.2 Å². The number of rotatable bonds is 7. The van der Waals surface area contributed by atoms with Gasteiger partial charge >= 0.3 is 5.97 Å². The van der Waals surface area contributed by atoms with E-state index in [-0.39, 0.29) is 0 Å². The zero-order chi connectivity index (χ0) is 13.5. The van der Waals surface area contributed by atoms with Crippen LogP contribution in [0.25, 0.3) is 0 Å². The number of aromatic carboxylic acids is 1. The highest BCUT2D eigenvalue weighted by Gasteiger charge is 2.17. The first-order chi connectivity index (χ1) is 8.61. The van der Waals surface area contributed by atoms with Crippen molar-refractivity contribution in [2.24, 2.45) is 0 Å². The molecular formula is C14H19NO2S. The lowest BCUT2D eigenvalue weighted by Gasteiger charge is -2.22. The summed E-state index contributed by atoms with van der Waals surface area (Å²) in [6.07, 6.45) is 5.69. The van der Waals surface area contributed by atoms with Crippen LogP contribution >= 0.6 is 11.8 Å². The molecule has 0 radical (unpaired) electrons. The SMILES string of the molecule is C=CCCCN(C)c1cccc(SC)c1C(=O)O. The van der Waals surface area contributed by atoms with E-state index in [9.17, 15) is 9.90 Å². The van der Waals surface area contributed by atoms with Crippen LogP contribution in [0.5, 0.6) is 0 Å². The molecule has 0 heterocycles. The highest BCUT2D eigenvalue weighted by Crippen LogP contribution is 2.29. The summed E-state index contributed by atoms with van der Waals surface area (Å²) in [5.74, 6) is -0.870. The van der Waals surface area contributed by atoms with E-state index < -0.39 is 5.97 Å². The monoisotopic (exact) mass is 265 g/mol. The van der Waals surface area contributed by atoms with Gasteiger partial charge in [0.05, 0.1) is 11.3 Å². The molecule has 0 saturated heterocycles. The molecule has 1 N–H and O–H groups in total. The lowest BCUT2D eigenvalue weighted by Crippen LogP contribution is -2.21. The van der Waals surface area contributed by atoms with Gasteiger partial charge in [-0.25, -0.2) is 4.79 Å². The second-order valence-corrected chi connectivity index (χ2v) is 4.86. The van der Waals surface area contributed by atoms with Crippen LogP contribution in [-0.4, -0.2) is 30.9 Å². The van der Waals surface area contributed by atoms with Crippen molar-refractivity contribution in [3.05, 3.63) is 36.4 Å². The number of nitrogens with zero attached hydrogens (tertiary/aromatic N) is 1. The van der Waals surface area contributed by atoms with Crippen LogP contribution < -0.4 is 4.90 Å². The molecular weight excluding hydrogens is 246 g/mol. The van der Waals surface area contributed by atoms with E-state index in [0.29, 0.717) is 5.56 Å². The quantitative estimate of drug-likeness (QED) is 0.465. The third-order valence-electron chi connectivity index (χ3n) is 2.75. The van der Waals surface area contributed by atoms with Gasteiger partial charge in [-0.15, -0.1) is 18.3 Å². The molecule has 0 unspecified atom stereocenters. The molecule has 1 aromatic carbocycles. The lowest BCUT2D eigenvalue weighted by atomic mass is 10.1. The largest absolute Gasteiger partial charge is 0.478 e. The summed E-state index contributed by atoms with van der Waals surface area (Å²) in [5.41, 5.74) is 1.17. The summed E-state index contributed by atoms with van der Waals surface area (Å²) < 4.78 is 0. The van der Waals surface area contributed by atoms with Crippen molar-refractivity contribution in [1.29, 1.82) is 0 Å². The smallest absolute Gasteiger partial charge is 0.338 e. The van der Waals surface area contributed by atoms with Crippen LogP contribution in [0.1, 0.15) is 23.2 Å². The van der Waals surface area contributed by atoms with Gasteiger partial charge in [0, 0.05) is 18.5 Å². The standard InChI is InChI=1S/C14H19NO2S/c1-4-5-6-10-15(2)11-8-7-9-12(18-3)13(11)14(16)17/h4,7-9H,1,5-6,10H2,2-3H3,(H,16,17). The number of hydrogen-bond acceptors (Lipinski definition) is 3. The van der Waals surface area contributed by atoms with Gasteiger partial charge in [0.2, 0.25) is 0 Å². The van der Waals surface area contributed by atoms with E-state index in [4.69, 9.17) is 0 Å². The zero-order valence-electron chi connectivity index (χ0n) is 10.8. The fourth-order valence-electron chi connectivity index (χ4n) is 1.82. The number of unbranched alkanes of at least 4 members (excludes halogenated alkanes) is 1. The molecule has 0 saturated carbocycles. The molecule has 0 amide bonds. The maximum Gasteiger partial charge on any atom is 0.338 e. The van der Waals surface area contributed by atoms with Gasteiger partial charge in [0.15, 0.2) is 0 Å². The molecule has 4 heteroatoms. The summed E-state index contributed by atoms with van der Waals surface area (Å²) in [4.78, 5) is 14.2. The number of carboxylic acid groups (broad SMARTS) is 1. The fraction of sp³-hybridized carbons (Fsp3) is 0.357. The minimum atomic E-state index is -0.870. The van der Waals surface area contributed by atoms with Gasteiger partial charge in [-0.3, -0.25) is 0 Å². The summed E-state index contributed by atoms with van der Waals surface area (Å²) in [7, 11) is 1.93. The molecule has 0 aliphatic carbocycles. The maximum atomic E-state index is 11.4. The van der Waals surface area contributed by atoms with Gasteiger partial charge < -0.3 is 10.0 Å². The van der Waals surface area contributed by atoms with Crippen LogP contribution in [0, 0.1) is 0 Å². The van der Waals surface area contributed by atoms with Crippen LogP contribution in [-0.2, 0) is 0 Å². The Balaban J connectivity index is 2.99. The number of allylic oxidation sites excluding steroid dienone is 1. The number of carboxylic acids is 1. The third kappa shape index (κ3) is 3.53. The Morgan fingerprint density at radius 1 is 1.56 bits per heavy atom.